The first-order valence-corrected chi connectivity index (χ1v) is 7.47. The predicted molar refractivity (Wildman–Crippen MR) is 91.6 cm³/mol. The van der Waals surface area contributed by atoms with Gasteiger partial charge in [0.15, 0.2) is 11.5 Å². The molecule has 0 spiro atoms. The van der Waals surface area contributed by atoms with E-state index in [2.05, 4.69) is 15.3 Å². The number of nitrogens with zero attached hydrogens (tertiary/aromatic N) is 2. The molecule has 0 bridgehead atoms. The average Bonchev–Trinajstić information content (AvgIpc) is 2.61. The molecule has 0 aliphatic carbocycles. The molecule has 0 aliphatic heterocycles. The number of nitrogens with two attached hydrogens (primary N) is 1. The van der Waals surface area contributed by atoms with Gasteiger partial charge in [0.1, 0.15) is 18.2 Å². The lowest BCUT2D eigenvalue weighted by Crippen LogP contribution is -2.16. The van der Waals surface area contributed by atoms with E-state index in [-0.39, 0.29) is 23.9 Å². The van der Waals surface area contributed by atoms with Crippen molar-refractivity contribution in [2.45, 2.75) is 6.61 Å². The van der Waals surface area contributed by atoms with Gasteiger partial charge in [0.05, 0.1) is 0 Å². The second-order valence-corrected chi connectivity index (χ2v) is 5.19. The van der Waals surface area contributed by atoms with Crippen LogP contribution in [0.15, 0.2) is 60.9 Å². The van der Waals surface area contributed by atoms with Gasteiger partial charge in [0, 0.05) is 24.1 Å². The highest BCUT2D eigenvalue weighted by atomic mass is 19.1. The first-order valence-electron chi connectivity index (χ1n) is 7.47. The molecule has 0 unspecified atom stereocenters. The molecular formula is C18H15FN4O2. The van der Waals surface area contributed by atoms with Crippen LogP contribution in [0.25, 0.3) is 0 Å². The molecule has 3 aromatic rings. The van der Waals surface area contributed by atoms with Crippen molar-refractivity contribution in [1.82, 2.24) is 9.97 Å². The van der Waals surface area contributed by atoms with E-state index < -0.39 is 5.91 Å². The number of hydrogen-bond acceptors (Lipinski definition) is 5. The van der Waals surface area contributed by atoms with Gasteiger partial charge in [-0.25, -0.2) is 14.4 Å². The largest absolute Gasteiger partial charge is 0.489 e. The van der Waals surface area contributed by atoms with Gasteiger partial charge in [-0.3, -0.25) is 4.79 Å². The van der Waals surface area contributed by atoms with E-state index in [0.29, 0.717) is 17.0 Å². The van der Waals surface area contributed by atoms with Crippen molar-refractivity contribution in [2.24, 2.45) is 0 Å². The summed E-state index contributed by atoms with van der Waals surface area (Å²) >= 11 is 0. The summed E-state index contributed by atoms with van der Waals surface area (Å²) in [6.07, 6.45) is 2.80. The topological polar surface area (TPSA) is 90.1 Å². The van der Waals surface area contributed by atoms with Crippen LogP contribution in [-0.4, -0.2) is 15.9 Å². The lowest BCUT2D eigenvalue weighted by molar-refractivity contribution is 0.102. The standard InChI is InChI=1S/C18H15FN4O2/c19-13-4-1-3-12(9-13)11-25-15-6-2-5-14(10-15)23-18(24)16-17(20)22-8-7-21-16/h1-10H,11H2,(H2,20,22)(H,23,24). The van der Waals surface area contributed by atoms with Gasteiger partial charge in [-0.05, 0) is 29.8 Å². The van der Waals surface area contributed by atoms with Gasteiger partial charge < -0.3 is 15.8 Å². The van der Waals surface area contributed by atoms with E-state index in [9.17, 15) is 9.18 Å². The molecule has 6 nitrogen and oxygen atoms in total. The minimum Gasteiger partial charge on any atom is -0.489 e. The molecule has 0 aliphatic rings. The second kappa shape index (κ2) is 7.39. The number of benzene rings is 2. The Kier molecular flexibility index (Phi) is 4.84. The number of halogens is 1. The monoisotopic (exact) mass is 338 g/mol. The molecule has 1 aromatic heterocycles. The van der Waals surface area contributed by atoms with E-state index in [0.717, 1.165) is 0 Å². The van der Waals surface area contributed by atoms with E-state index in [4.69, 9.17) is 10.5 Å². The van der Waals surface area contributed by atoms with Crippen molar-refractivity contribution in [3.8, 4) is 5.75 Å². The summed E-state index contributed by atoms with van der Waals surface area (Å²) in [6.45, 7) is 0.215. The second-order valence-electron chi connectivity index (χ2n) is 5.19. The third-order valence-corrected chi connectivity index (χ3v) is 3.33. The number of ether oxygens (including phenoxy) is 1. The minimum atomic E-state index is -0.465. The number of carbonyl (C=O) groups is 1. The number of aromatic nitrogens is 2. The maximum Gasteiger partial charge on any atom is 0.278 e. The fraction of sp³-hybridized carbons (Fsp3) is 0.0556. The van der Waals surface area contributed by atoms with Crippen LogP contribution in [0.2, 0.25) is 0 Å². The maximum atomic E-state index is 13.2. The molecule has 7 heteroatoms. The van der Waals surface area contributed by atoms with Crippen LogP contribution < -0.4 is 15.8 Å². The van der Waals surface area contributed by atoms with Crippen LogP contribution in [0.5, 0.6) is 5.75 Å². The Morgan fingerprint density at radius 2 is 1.92 bits per heavy atom. The van der Waals surface area contributed by atoms with Gasteiger partial charge in [-0.15, -0.1) is 0 Å². The third-order valence-electron chi connectivity index (χ3n) is 3.33. The number of nitrogen functional groups attached to an aromatic ring is 1. The molecule has 0 radical (unpaired) electrons. The zero-order chi connectivity index (χ0) is 17.6. The molecule has 0 fully saturated rings. The van der Waals surface area contributed by atoms with Crippen LogP contribution in [0.1, 0.15) is 16.1 Å². The van der Waals surface area contributed by atoms with E-state index >= 15 is 0 Å². The summed E-state index contributed by atoms with van der Waals surface area (Å²) < 4.78 is 18.8. The predicted octanol–water partition coefficient (Wildman–Crippen LogP) is 3.03. The number of rotatable bonds is 5. The van der Waals surface area contributed by atoms with Crippen molar-refractivity contribution < 1.29 is 13.9 Å². The minimum absolute atomic E-state index is 0.0496. The number of nitrogens with one attached hydrogen (secondary N) is 1. The van der Waals surface area contributed by atoms with E-state index in [1.54, 1.807) is 36.4 Å². The molecular weight excluding hydrogens is 323 g/mol. The van der Waals surface area contributed by atoms with Crippen molar-refractivity contribution in [3.05, 3.63) is 78.0 Å². The number of hydrogen-bond donors (Lipinski definition) is 2. The van der Waals surface area contributed by atoms with Gasteiger partial charge >= 0.3 is 0 Å². The van der Waals surface area contributed by atoms with Crippen molar-refractivity contribution >= 4 is 17.4 Å². The molecule has 0 saturated heterocycles. The Balaban J connectivity index is 1.67. The highest BCUT2D eigenvalue weighted by Gasteiger charge is 2.12. The van der Waals surface area contributed by atoms with E-state index in [1.807, 2.05) is 0 Å². The van der Waals surface area contributed by atoms with Gasteiger partial charge in [0.2, 0.25) is 0 Å². The van der Waals surface area contributed by atoms with Crippen molar-refractivity contribution in [3.63, 3.8) is 0 Å². The highest BCUT2D eigenvalue weighted by molar-refractivity contribution is 6.05. The van der Waals surface area contributed by atoms with Crippen LogP contribution >= 0.6 is 0 Å². The third kappa shape index (κ3) is 4.29. The Bertz CT molecular complexity index is 902. The molecule has 0 atom stereocenters. The lowest BCUT2D eigenvalue weighted by Gasteiger charge is -2.09. The summed E-state index contributed by atoms with van der Waals surface area (Å²) in [5, 5.41) is 2.69. The molecule has 3 N–H and O–H groups in total. The Morgan fingerprint density at radius 1 is 1.12 bits per heavy atom. The Morgan fingerprint density at radius 3 is 2.72 bits per heavy atom. The fourth-order valence-corrected chi connectivity index (χ4v) is 2.17. The molecule has 126 valence electrons. The van der Waals surface area contributed by atoms with E-state index in [1.165, 1.54) is 24.5 Å². The SMILES string of the molecule is Nc1nccnc1C(=O)Nc1cccc(OCc2cccc(F)c2)c1. The molecule has 1 amide bonds. The van der Waals surface area contributed by atoms with Crippen LogP contribution in [0, 0.1) is 5.82 Å². The summed E-state index contributed by atoms with van der Waals surface area (Å²) in [5.41, 5.74) is 6.92. The molecule has 1 heterocycles. The normalized spacial score (nSPS) is 10.3. The van der Waals surface area contributed by atoms with Crippen LogP contribution in [-0.2, 0) is 6.61 Å². The van der Waals surface area contributed by atoms with Crippen LogP contribution in [0.3, 0.4) is 0 Å². The first kappa shape index (κ1) is 16.4. The lowest BCUT2D eigenvalue weighted by atomic mass is 10.2. The van der Waals surface area contributed by atoms with Crippen LogP contribution in [0.4, 0.5) is 15.9 Å². The number of carbonyl (C=O) groups excluding carboxylic acids is 1. The van der Waals surface area contributed by atoms with Crippen molar-refractivity contribution in [2.75, 3.05) is 11.1 Å². The first-order chi connectivity index (χ1) is 12.1. The Labute approximate surface area is 143 Å². The number of amides is 1. The molecule has 3 rings (SSSR count). The van der Waals surface area contributed by atoms with Gasteiger partial charge in [-0.1, -0.05) is 18.2 Å². The smallest absolute Gasteiger partial charge is 0.278 e. The van der Waals surface area contributed by atoms with Gasteiger partial charge in [0.25, 0.3) is 5.91 Å². The zero-order valence-electron chi connectivity index (χ0n) is 13.1. The summed E-state index contributed by atoms with van der Waals surface area (Å²) in [6, 6.07) is 13.0. The summed E-state index contributed by atoms with van der Waals surface area (Å²) in [7, 11) is 0. The molecule has 25 heavy (non-hydrogen) atoms. The fourth-order valence-electron chi connectivity index (χ4n) is 2.17. The van der Waals surface area contributed by atoms with Gasteiger partial charge in [-0.2, -0.15) is 0 Å². The Hall–Kier alpha value is -3.48. The van der Waals surface area contributed by atoms with Crippen molar-refractivity contribution in [1.29, 1.82) is 0 Å². The number of anilines is 2. The quantitative estimate of drug-likeness (QED) is 0.746. The average molecular weight is 338 g/mol. The summed E-state index contributed by atoms with van der Waals surface area (Å²) in [5.74, 6) is -0.191. The molecule has 0 saturated carbocycles. The maximum absolute atomic E-state index is 13.2. The molecule has 2 aromatic carbocycles. The zero-order valence-corrected chi connectivity index (χ0v) is 13.1. The highest BCUT2D eigenvalue weighted by Crippen LogP contribution is 2.20. The summed E-state index contributed by atoms with van der Waals surface area (Å²) in [4.78, 5) is 19.9.